The molecule has 0 aromatic carbocycles. The first kappa shape index (κ1) is 74.3. The van der Waals surface area contributed by atoms with Crippen LogP contribution in [0, 0.1) is 0 Å². The van der Waals surface area contributed by atoms with E-state index >= 15 is 0 Å². The monoisotopic (exact) mass is 1080 g/mol. The summed E-state index contributed by atoms with van der Waals surface area (Å²) in [5.41, 5.74) is 0. The first-order chi connectivity index (χ1) is 38.5. The molecule has 0 heterocycles. The third-order valence-electron chi connectivity index (χ3n) is 14.3. The highest BCUT2D eigenvalue weighted by Gasteiger charge is 2.19. The number of hydrogen-bond donors (Lipinski definition) is 0. The van der Waals surface area contributed by atoms with E-state index in [1.807, 2.05) is 0 Å². The van der Waals surface area contributed by atoms with Gasteiger partial charge < -0.3 is 14.2 Å². The highest BCUT2D eigenvalue weighted by Crippen LogP contribution is 2.17. The van der Waals surface area contributed by atoms with E-state index in [4.69, 9.17) is 14.2 Å². The molecule has 0 N–H and O–H groups in total. The van der Waals surface area contributed by atoms with Gasteiger partial charge in [0.15, 0.2) is 6.10 Å². The van der Waals surface area contributed by atoms with Gasteiger partial charge in [-0.25, -0.2) is 0 Å². The Kier molecular flexibility index (Phi) is 62.7. The maximum absolute atomic E-state index is 12.9. The number of allylic oxidation sites excluding steroid dienone is 16. The summed E-state index contributed by atoms with van der Waals surface area (Å²) in [7, 11) is 0. The van der Waals surface area contributed by atoms with Crippen LogP contribution in [0.25, 0.3) is 0 Å². The third kappa shape index (κ3) is 63.2. The van der Waals surface area contributed by atoms with Crippen molar-refractivity contribution in [3.63, 3.8) is 0 Å². The summed E-state index contributed by atoms with van der Waals surface area (Å²) < 4.78 is 17.0. The zero-order chi connectivity index (χ0) is 56.4. The molecular weight excluding hydrogens is 961 g/mol. The summed E-state index contributed by atoms with van der Waals surface area (Å²) in [6.45, 7) is 6.52. The van der Waals surface area contributed by atoms with Crippen molar-refractivity contribution in [2.45, 2.75) is 329 Å². The number of rotatable bonds is 60. The molecule has 0 fully saturated rings. The number of ether oxygens (including phenoxy) is 3. The van der Waals surface area contributed by atoms with Crippen LogP contribution >= 0.6 is 0 Å². The van der Waals surface area contributed by atoms with E-state index < -0.39 is 6.10 Å². The Balaban J connectivity index is 4.40. The second-order valence-electron chi connectivity index (χ2n) is 22.0. The normalized spacial score (nSPS) is 12.7. The minimum Gasteiger partial charge on any atom is -0.462 e. The van der Waals surface area contributed by atoms with Crippen LogP contribution in [-0.4, -0.2) is 37.2 Å². The van der Waals surface area contributed by atoms with Gasteiger partial charge in [0.2, 0.25) is 0 Å². The Hall–Kier alpha value is -3.67. The third-order valence-corrected chi connectivity index (χ3v) is 14.3. The van der Waals surface area contributed by atoms with Crippen molar-refractivity contribution in [3.8, 4) is 0 Å². The maximum Gasteiger partial charge on any atom is 0.306 e. The summed E-state index contributed by atoms with van der Waals surface area (Å²) in [6, 6.07) is 0. The molecular formula is C72H124O6. The molecule has 1 atom stereocenters. The molecule has 0 aliphatic rings. The molecule has 6 heteroatoms. The molecule has 0 aliphatic carbocycles. The Morgan fingerprint density at radius 1 is 0.269 bits per heavy atom. The summed E-state index contributed by atoms with van der Waals surface area (Å²) in [5.74, 6) is -0.891. The van der Waals surface area contributed by atoms with E-state index in [2.05, 4.69) is 118 Å². The first-order valence-corrected chi connectivity index (χ1v) is 33.2. The van der Waals surface area contributed by atoms with E-state index in [1.165, 1.54) is 161 Å². The van der Waals surface area contributed by atoms with Crippen molar-refractivity contribution in [1.29, 1.82) is 0 Å². The molecule has 0 aromatic rings. The maximum atomic E-state index is 12.9. The smallest absolute Gasteiger partial charge is 0.306 e. The molecule has 78 heavy (non-hydrogen) atoms. The van der Waals surface area contributed by atoms with Crippen LogP contribution in [0.1, 0.15) is 323 Å². The van der Waals surface area contributed by atoms with Gasteiger partial charge >= 0.3 is 17.9 Å². The van der Waals surface area contributed by atoms with Gasteiger partial charge in [-0.05, 0) is 103 Å². The Bertz CT molecular complexity index is 1530. The van der Waals surface area contributed by atoms with Gasteiger partial charge in [0.25, 0.3) is 0 Å². The van der Waals surface area contributed by atoms with Crippen molar-refractivity contribution in [2.75, 3.05) is 13.2 Å². The minimum absolute atomic E-state index is 0.0841. The zero-order valence-corrected chi connectivity index (χ0v) is 51.4. The highest BCUT2D eigenvalue weighted by molar-refractivity contribution is 5.71. The van der Waals surface area contributed by atoms with Crippen LogP contribution in [0.5, 0.6) is 0 Å². The van der Waals surface area contributed by atoms with Gasteiger partial charge in [-0.1, -0.05) is 298 Å². The summed E-state index contributed by atoms with van der Waals surface area (Å²) in [4.78, 5) is 38.4. The van der Waals surface area contributed by atoms with Gasteiger partial charge in [0.05, 0.1) is 0 Å². The molecule has 0 saturated carbocycles. The van der Waals surface area contributed by atoms with Crippen molar-refractivity contribution < 1.29 is 28.6 Å². The second kappa shape index (κ2) is 65.8. The predicted octanol–water partition coefficient (Wildman–Crippen LogP) is 22.8. The van der Waals surface area contributed by atoms with Gasteiger partial charge in [-0.2, -0.15) is 0 Å². The van der Waals surface area contributed by atoms with E-state index in [-0.39, 0.29) is 31.1 Å². The Morgan fingerprint density at radius 2 is 0.500 bits per heavy atom. The number of carbonyl (C=O) groups excluding carboxylic acids is 3. The topological polar surface area (TPSA) is 78.9 Å². The Labute approximate surface area is 483 Å². The average molecular weight is 1090 g/mol. The lowest BCUT2D eigenvalue weighted by atomic mass is 10.0. The molecule has 0 rings (SSSR count). The summed E-state index contributed by atoms with van der Waals surface area (Å²) in [6.07, 6.45) is 88.3. The van der Waals surface area contributed by atoms with Gasteiger partial charge in [-0.15, -0.1) is 0 Å². The fraction of sp³-hybridized carbons (Fsp3) is 0.736. The van der Waals surface area contributed by atoms with Crippen LogP contribution in [0.2, 0.25) is 0 Å². The molecule has 6 nitrogen and oxygen atoms in total. The molecule has 448 valence electrons. The summed E-state index contributed by atoms with van der Waals surface area (Å²) >= 11 is 0. The fourth-order valence-electron chi connectivity index (χ4n) is 9.36. The molecule has 0 saturated heterocycles. The van der Waals surface area contributed by atoms with Crippen LogP contribution < -0.4 is 0 Å². The lowest BCUT2D eigenvalue weighted by molar-refractivity contribution is -0.167. The average Bonchev–Trinajstić information content (AvgIpc) is 3.44. The largest absolute Gasteiger partial charge is 0.462 e. The second-order valence-corrected chi connectivity index (χ2v) is 22.0. The van der Waals surface area contributed by atoms with Crippen LogP contribution in [0.4, 0.5) is 0 Å². The van der Waals surface area contributed by atoms with E-state index in [9.17, 15) is 14.4 Å². The van der Waals surface area contributed by atoms with Crippen molar-refractivity contribution >= 4 is 17.9 Å². The van der Waals surface area contributed by atoms with Crippen molar-refractivity contribution in [2.24, 2.45) is 0 Å². The fourth-order valence-corrected chi connectivity index (χ4v) is 9.36. The molecule has 1 unspecified atom stereocenters. The molecule has 0 spiro atoms. The minimum atomic E-state index is -0.788. The van der Waals surface area contributed by atoms with Crippen LogP contribution in [-0.2, 0) is 28.6 Å². The molecule has 0 aliphatic heterocycles. The van der Waals surface area contributed by atoms with E-state index in [0.717, 1.165) is 122 Å². The first-order valence-electron chi connectivity index (χ1n) is 33.2. The van der Waals surface area contributed by atoms with E-state index in [1.54, 1.807) is 0 Å². The summed E-state index contributed by atoms with van der Waals surface area (Å²) in [5, 5.41) is 0. The molecule has 0 aromatic heterocycles. The van der Waals surface area contributed by atoms with Gasteiger partial charge in [0, 0.05) is 19.3 Å². The van der Waals surface area contributed by atoms with Gasteiger partial charge in [-0.3, -0.25) is 14.4 Å². The molecule has 0 radical (unpaired) electrons. The number of hydrogen-bond acceptors (Lipinski definition) is 6. The quantitative estimate of drug-likeness (QED) is 0.0261. The zero-order valence-electron chi connectivity index (χ0n) is 51.4. The Morgan fingerprint density at radius 3 is 0.808 bits per heavy atom. The van der Waals surface area contributed by atoms with Crippen molar-refractivity contribution in [3.05, 3.63) is 97.2 Å². The van der Waals surface area contributed by atoms with Crippen LogP contribution in [0.3, 0.4) is 0 Å². The molecule has 0 amide bonds. The molecule has 0 bridgehead atoms. The van der Waals surface area contributed by atoms with E-state index in [0.29, 0.717) is 19.3 Å². The SMILES string of the molecule is CC/C=C\C/C=C\C/C=C\C/C=C\C/C=C\C/C=C\CCCCCCCCC(=O)OCC(COC(=O)CCCCCCCCC/C=C\C/C=C\CCCCC)OC(=O)CCCCCCCCCCCCCCCCCCCC. The number of esters is 3. The lowest BCUT2D eigenvalue weighted by Crippen LogP contribution is -2.30. The highest BCUT2D eigenvalue weighted by atomic mass is 16.6. The standard InChI is InChI=1S/C72H124O6/c1-4-7-10-13-16-19-22-25-28-31-33-34-35-36-37-38-39-42-44-47-50-53-56-59-62-65-71(74)77-68-69(67-76-70(73)64-61-58-55-52-49-46-43-40-30-27-24-21-18-15-12-9-6-3)78-72(75)66-63-60-57-54-51-48-45-41-32-29-26-23-20-17-14-11-8-5-2/h7,10,16,18-19,21,25,27-28,30,33-34,36-37,39,42,69H,4-6,8-9,11-15,17,20,22-24,26,29,31-32,35,38,40-41,43-68H2,1-3H3/b10-7-,19-16-,21-18-,28-25-,30-27-,34-33-,37-36-,42-39-. The van der Waals surface area contributed by atoms with Crippen molar-refractivity contribution in [1.82, 2.24) is 0 Å². The number of unbranched alkanes of at least 4 members (excludes halogenated alkanes) is 33. The van der Waals surface area contributed by atoms with Gasteiger partial charge in [0.1, 0.15) is 13.2 Å². The predicted molar refractivity (Wildman–Crippen MR) is 339 cm³/mol. The van der Waals surface area contributed by atoms with Crippen LogP contribution in [0.15, 0.2) is 97.2 Å². The lowest BCUT2D eigenvalue weighted by Gasteiger charge is -2.18. The number of carbonyl (C=O) groups is 3.